The monoisotopic (exact) mass is 340 g/mol. The summed E-state index contributed by atoms with van der Waals surface area (Å²) in [6.07, 6.45) is 1.86. The van der Waals surface area contributed by atoms with Gasteiger partial charge in [-0.05, 0) is 30.9 Å². The number of aromatic nitrogens is 2. The van der Waals surface area contributed by atoms with Crippen molar-refractivity contribution in [3.63, 3.8) is 0 Å². The number of benzene rings is 1. The van der Waals surface area contributed by atoms with Crippen molar-refractivity contribution in [1.29, 1.82) is 5.26 Å². The number of para-hydroxylation sites is 2. The number of piperidine rings is 1. The second-order valence-corrected chi connectivity index (χ2v) is 6.14. The largest absolute Gasteiger partial charge is 0.468 e. The number of aliphatic hydroxyl groups excluding tert-OH is 1. The van der Waals surface area contributed by atoms with Gasteiger partial charge in [0.15, 0.2) is 11.7 Å². The molecule has 2 heterocycles. The van der Waals surface area contributed by atoms with Gasteiger partial charge in [0, 0.05) is 19.7 Å². The minimum absolute atomic E-state index is 0.103. The molecule has 7 heteroatoms. The van der Waals surface area contributed by atoms with Crippen LogP contribution in [0.25, 0.3) is 11.0 Å². The van der Waals surface area contributed by atoms with Crippen molar-refractivity contribution in [3.8, 4) is 6.07 Å². The van der Waals surface area contributed by atoms with Crippen LogP contribution >= 0.6 is 0 Å². The Morgan fingerprint density at radius 1 is 1.44 bits per heavy atom. The van der Waals surface area contributed by atoms with Crippen LogP contribution in [0.2, 0.25) is 0 Å². The molecule has 0 amide bonds. The second-order valence-electron chi connectivity index (χ2n) is 6.14. The Morgan fingerprint density at radius 2 is 2.16 bits per heavy atom. The lowest BCUT2D eigenvalue weighted by molar-refractivity contribution is -0.141. The van der Waals surface area contributed by atoms with Gasteiger partial charge >= 0.3 is 5.97 Å². The maximum Gasteiger partial charge on any atom is 0.329 e. The molecule has 2 aromatic rings. The first-order chi connectivity index (χ1) is 12.2. The minimum atomic E-state index is -1.13. The van der Waals surface area contributed by atoms with Crippen molar-refractivity contribution >= 4 is 22.8 Å². The third-order valence-corrected chi connectivity index (χ3v) is 4.49. The molecule has 0 spiro atoms. The molecular weight excluding hydrogens is 320 g/mol. The van der Waals surface area contributed by atoms with E-state index in [1.165, 1.54) is 7.11 Å². The Hall–Kier alpha value is -2.72. The molecule has 0 aliphatic carbocycles. The fourth-order valence-electron chi connectivity index (χ4n) is 3.18. The van der Waals surface area contributed by atoms with E-state index in [4.69, 9.17) is 4.74 Å². The number of methoxy groups -OCH3 is 1. The van der Waals surface area contributed by atoms with E-state index in [2.05, 4.69) is 9.97 Å². The molecule has 1 fully saturated rings. The highest BCUT2D eigenvalue weighted by atomic mass is 16.5. The van der Waals surface area contributed by atoms with Crippen LogP contribution in [0.15, 0.2) is 24.3 Å². The van der Waals surface area contributed by atoms with Crippen LogP contribution in [0.3, 0.4) is 0 Å². The van der Waals surface area contributed by atoms with Crippen molar-refractivity contribution < 1.29 is 14.6 Å². The van der Waals surface area contributed by atoms with Gasteiger partial charge in [0.25, 0.3) is 0 Å². The molecule has 7 nitrogen and oxygen atoms in total. The van der Waals surface area contributed by atoms with Gasteiger partial charge in [-0.15, -0.1) is 0 Å². The van der Waals surface area contributed by atoms with E-state index in [-0.39, 0.29) is 12.5 Å². The second kappa shape index (κ2) is 7.45. The Bertz CT molecular complexity index is 818. The smallest absolute Gasteiger partial charge is 0.329 e. The van der Waals surface area contributed by atoms with Gasteiger partial charge in [0.05, 0.1) is 24.2 Å². The fourth-order valence-corrected chi connectivity index (χ4v) is 3.18. The van der Waals surface area contributed by atoms with Gasteiger partial charge in [-0.25, -0.2) is 9.97 Å². The van der Waals surface area contributed by atoms with Crippen LogP contribution in [0, 0.1) is 17.2 Å². The van der Waals surface area contributed by atoms with E-state index in [9.17, 15) is 15.2 Å². The number of esters is 1. The lowest BCUT2D eigenvalue weighted by atomic mass is 9.98. The number of carbonyl (C=O) groups is 1. The van der Waals surface area contributed by atoms with E-state index in [1.54, 1.807) is 6.07 Å². The number of anilines is 1. The third kappa shape index (κ3) is 3.39. The average molecular weight is 340 g/mol. The first-order valence-electron chi connectivity index (χ1n) is 8.27. The first-order valence-corrected chi connectivity index (χ1v) is 8.27. The molecule has 1 saturated heterocycles. The van der Waals surface area contributed by atoms with E-state index in [0.717, 1.165) is 19.4 Å². The summed E-state index contributed by atoms with van der Waals surface area (Å²) < 4.78 is 4.77. The molecule has 25 heavy (non-hydrogen) atoms. The molecule has 3 rings (SSSR count). The van der Waals surface area contributed by atoms with Crippen molar-refractivity contribution in [2.24, 2.45) is 5.92 Å². The average Bonchev–Trinajstić information content (AvgIpc) is 2.67. The first kappa shape index (κ1) is 17.1. The maximum absolute atomic E-state index is 12.1. The van der Waals surface area contributed by atoms with Crippen molar-refractivity contribution in [3.05, 3.63) is 30.0 Å². The summed E-state index contributed by atoms with van der Waals surface area (Å²) in [5.41, 5.74) is 1.64. The lowest BCUT2D eigenvalue weighted by Gasteiger charge is -2.34. The number of ether oxygens (including phenoxy) is 1. The summed E-state index contributed by atoms with van der Waals surface area (Å²) in [4.78, 5) is 23.3. The SMILES string of the molecule is COC(=O)[C@@H](C#N)c1nc2ccccc2nc1N1CCC[C@H](CO)C1. The zero-order valence-corrected chi connectivity index (χ0v) is 14.1. The van der Waals surface area contributed by atoms with Crippen LogP contribution in [0.1, 0.15) is 24.5 Å². The zero-order chi connectivity index (χ0) is 17.8. The highest BCUT2D eigenvalue weighted by Crippen LogP contribution is 2.30. The number of hydrogen-bond acceptors (Lipinski definition) is 7. The molecule has 1 aliphatic rings. The predicted molar refractivity (Wildman–Crippen MR) is 91.9 cm³/mol. The highest BCUT2D eigenvalue weighted by molar-refractivity contribution is 5.85. The molecule has 0 unspecified atom stereocenters. The van der Waals surface area contributed by atoms with Crippen LogP contribution < -0.4 is 4.90 Å². The number of hydrogen-bond donors (Lipinski definition) is 1. The van der Waals surface area contributed by atoms with Crippen LogP contribution in [0.5, 0.6) is 0 Å². The number of fused-ring (bicyclic) bond motifs is 1. The van der Waals surface area contributed by atoms with Gasteiger partial charge in [-0.2, -0.15) is 5.26 Å². The maximum atomic E-state index is 12.1. The molecule has 0 saturated carbocycles. The van der Waals surface area contributed by atoms with Gasteiger partial charge in [0.2, 0.25) is 0 Å². The van der Waals surface area contributed by atoms with E-state index in [0.29, 0.717) is 29.1 Å². The van der Waals surface area contributed by atoms with Crippen molar-refractivity contribution in [2.45, 2.75) is 18.8 Å². The molecule has 0 bridgehead atoms. The Kier molecular flexibility index (Phi) is 5.10. The van der Waals surface area contributed by atoms with E-state index >= 15 is 0 Å². The van der Waals surface area contributed by atoms with Crippen LogP contribution in [0.4, 0.5) is 5.82 Å². The highest BCUT2D eigenvalue weighted by Gasteiger charge is 2.31. The minimum Gasteiger partial charge on any atom is -0.468 e. The van der Waals surface area contributed by atoms with E-state index < -0.39 is 11.9 Å². The summed E-state index contributed by atoms with van der Waals surface area (Å²) in [6, 6.07) is 9.34. The number of nitrogens with zero attached hydrogens (tertiary/aromatic N) is 4. The normalized spacial score (nSPS) is 18.6. The standard InChI is InChI=1S/C18H20N4O3/c1-25-18(24)13(9-19)16-17(22-8-4-5-12(10-22)11-23)21-15-7-3-2-6-14(15)20-16/h2-3,6-7,12-13,23H,4-5,8,10-11H2,1H3/t12-,13-/m0/s1. The summed E-state index contributed by atoms with van der Waals surface area (Å²) in [5.74, 6) is -1.11. The van der Waals surface area contributed by atoms with Gasteiger partial charge in [-0.1, -0.05) is 12.1 Å². The zero-order valence-electron chi connectivity index (χ0n) is 14.1. The molecule has 130 valence electrons. The van der Waals surface area contributed by atoms with Crippen LogP contribution in [-0.2, 0) is 9.53 Å². The summed E-state index contributed by atoms with van der Waals surface area (Å²) >= 11 is 0. The topological polar surface area (TPSA) is 99.3 Å². The molecule has 0 radical (unpaired) electrons. The third-order valence-electron chi connectivity index (χ3n) is 4.49. The quantitative estimate of drug-likeness (QED) is 0.844. The van der Waals surface area contributed by atoms with E-state index in [1.807, 2.05) is 29.2 Å². The Balaban J connectivity index is 2.12. The van der Waals surface area contributed by atoms with Gasteiger partial charge < -0.3 is 14.7 Å². The molecule has 1 aromatic carbocycles. The van der Waals surface area contributed by atoms with Gasteiger partial charge in [-0.3, -0.25) is 4.79 Å². The molecule has 1 N–H and O–H groups in total. The number of aliphatic hydroxyl groups is 1. The number of nitriles is 1. The number of rotatable bonds is 4. The summed E-state index contributed by atoms with van der Waals surface area (Å²) in [7, 11) is 1.25. The van der Waals surface area contributed by atoms with Crippen LogP contribution in [-0.4, -0.2) is 47.8 Å². The molecule has 1 aromatic heterocycles. The fraction of sp³-hybridized carbons (Fsp3) is 0.444. The van der Waals surface area contributed by atoms with Crippen molar-refractivity contribution in [2.75, 3.05) is 31.7 Å². The summed E-state index contributed by atoms with van der Waals surface area (Å²) in [5, 5.41) is 19.0. The Labute approximate surface area is 145 Å². The number of carbonyl (C=O) groups excluding carboxylic acids is 1. The van der Waals surface area contributed by atoms with Crippen molar-refractivity contribution in [1.82, 2.24) is 9.97 Å². The molecule has 1 aliphatic heterocycles. The Morgan fingerprint density at radius 3 is 2.80 bits per heavy atom. The van der Waals surface area contributed by atoms with Gasteiger partial charge in [0.1, 0.15) is 5.69 Å². The molecule has 2 atom stereocenters. The predicted octanol–water partition coefficient (Wildman–Crippen LogP) is 1.62. The summed E-state index contributed by atoms with van der Waals surface area (Å²) in [6.45, 7) is 1.47. The lowest BCUT2D eigenvalue weighted by Crippen LogP contribution is -2.38. The molecular formula is C18H20N4O3.